The van der Waals surface area contributed by atoms with Gasteiger partial charge < -0.3 is 19.3 Å². The minimum atomic E-state index is -3.55. The third-order valence-electron chi connectivity index (χ3n) is 11.3. The summed E-state index contributed by atoms with van der Waals surface area (Å²) < 4.78 is 48.0. The summed E-state index contributed by atoms with van der Waals surface area (Å²) in [6.07, 6.45) is 10.5. The zero-order valence-electron chi connectivity index (χ0n) is 20.1. The molecule has 0 aromatic carbocycles. The van der Waals surface area contributed by atoms with Crippen molar-refractivity contribution in [2.24, 2.45) is 53.3 Å². The number of aliphatic hydroxyl groups is 1. The SMILES string of the molecule is CC1(OC(=O)C2CC3CC2C2C4C=CC(C4)C32)CC2CCC3(OCOC(C)(O)C3(F)F)C(C2)C1. The molecule has 1 aliphatic heterocycles. The van der Waals surface area contributed by atoms with Crippen LogP contribution in [0.1, 0.15) is 65.2 Å². The number of ether oxygens (including phenoxy) is 3. The lowest BCUT2D eigenvalue weighted by Crippen LogP contribution is -2.72. The number of hydrogen-bond acceptors (Lipinski definition) is 5. The molecular weight excluding hydrogens is 442 g/mol. The number of carbonyl (C=O) groups excluding carboxylic acids is 1. The van der Waals surface area contributed by atoms with Crippen LogP contribution in [0.5, 0.6) is 0 Å². The van der Waals surface area contributed by atoms with Gasteiger partial charge >= 0.3 is 11.9 Å². The second-order valence-corrected chi connectivity index (χ2v) is 13.1. The van der Waals surface area contributed by atoms with Gasteiger partial charge in [-0.3, -0.25) is 4.79 Å². The quantitative estimate of drug-likeness (QED) is 0.355. The first-order chi connectivity index (χ1) is 16.0. The molecule has 7 rings (SSSR count). The fourth-order valence-corrected chi connectivity index (χ4v) is 10.1. The van der Waals surface area contributed by atoms with Gasteiger partial charge in [-0.15, -0.1) is 0 Å². The van der Waals surface area contributed by atoms with Gasteiger partial charge in [-0.05, 0) is 113 Å². The van der Waals surface area contributed by atoms with E-state index in [-0.39, 0.29) is 31.0 Å². The van der Waals surface area contributed by atoms with Crippen molar-refractivity contribution in [2.45, 2.75) is 88.1 Å². The molecule has 6 aliphatic carbocycles. The third kappa shape index (κ3) is 2.72. The molecular formula is C27H36F2O5. The van der Waals surface area contributed by atoms with Crippen LogP contribution < -0.4 is 0 Å². The molecule has 1 heterocycles. The van der Waals surface area contributed by atoms with Crippen molar-refractivity contribution in [3.05, 3.63) is 12.2 Å². The average Bonchev–Trinajstić information content (AvgIpc) is 3.53. The topological polar surface area (TPSA) is 65.0 Å². The van der Waals surface area contributed by atoms with E-state index in [0.29, 0.717) is 55.3 Å². The highest BCUT2D eigenvalue weighted by molar-refractivity contribution is 5.74. The minimum absolute atomic E-state index is 0.0481. The number of rotatable bonds is 2. The van der Waals surface area contributed by atoms with Crippen LogP contribution in [0.2, 0.25) is 0 Å². The number of esters is 1. The van der Waals surface area contributed by atoms with Crippen molar-refractivity contribution >= 4 is 5.97 Å². The van der Waals surface area contributed by atoms with Crippen molar-refractivity contribution in [3.63, 3.8) is 0 Å². The summed E-state index contributed by atoms with van der Waals surface area (Å²) in [7, 11) is 0. The lowest BCUT2D eigenvalue weighted by atomic mass is 9.57. The van der Waals surface area contributed by atoms with Gasteiger partial charge in [-0.25, -0.2) is 0 Å². The predicted molar refractivity (Wildman–Crippen MR) is 117 cm³/mol. The average molecular weight is 479 g/mol. The second kappa shape index (κ2) is 6.83. The Kier molecular flexibility index (Phi) is 4.45. The molecule has 1 saturated heterocycles. The van der Waals surface area contributed by atoms with Crippen molar-refractivity contribution in [1.29, 1.82) is 0 Å². The first kappa shape index (κ1) is 22.2. The number of halogens is 2. The highest BCUT2D eigenvalue weighted by Crippen LogP contribution is 2.67. The van der Waals surface area contributed by atoms with Crippen molar-refractivity contribution in [2.75, 3.05) is 6.79 Å². The molecule has 7 heteroatoms. The molecule has 6 bridgehead atoms. The van der Waals surface area contributed by atoms with Crippen LogP contribution >= 0.6 is 0 Å². The van der Waals surface area contributed by atoms with Crippen LogP contribution in [0.25, 0.3) is 0 Å². The Bertz CT molecular complexity index is 934. The van der Waals surface area contributed by atoms with E-state index in [9.17, 15) is 9.90 Å². The molecule has 6 fully saturated rings. The molecule has 188 valence electrons. The molecule has 0 radical (unpaired) electrons. The van der Waals surface area contributed by atoms with Crippen LogP contribution in [0.15, 0.2) is 12.2 Å². The molecule has 7 aliphatic rings. The van der Waals surface area contributed by atoms with Gasteiger partial charge in [0.15, 0.2) is 6.79 Å². The van der Waals surface area contributed by atoms with Crippen LogP contribution in [-0.2, 0) is 19.0 Å². The largest absolute Gasteiger partial charge is 0.459 e. The lowest BCUT2D eigenvalue weighted by molar-refractivity contribution is -0.448. The van der Waals surface area contributed by atoms with Gasteiger partial charge in [0.25, 0.3) is 0 Å². The van der Waals surface area contributed by atoms with Crippen molar-refractivity contribution < 1.29 is 32.9 Å². The molecule has 12 atom stereocenters. The van der Waals surface area contributed by atoms with Gasteiger partial charge in [-0.1, -0.05) is 12.2 Å². The highest BCUT2D eigenvalue weighted by atomic mass is 19.3. The van der Waals surface area contributed by atoms with Crippen molar-refractivity contribution in [3.8, 4) is 0 Å². The first-order valence-corrected chi connectivity index (χ1v) is 13.3. The van der Waals surface area contributed by atoms with E-state index in [4.69, 9.17) is 14.2 Å². The van der Waals surface area contributed by atoms with E-state index in [2.05, 4.69) is 12.2 Å². The fourth-order valence-electron chi connectivity index (χ4n) is 10.1. The number of carbonyl (C=O) groups is 1. The van der Waals surface area contributed by atoms with Gasteiger partial charge in [0.2, 0.25) is 5.79 Å². The summed E-state index contributed by atoms with van der Waals surface area (Å²) in [6.45, 7) is 2.60. The molecule has 0 amide bonds. The summed E-state index contributed by atoms with van der Waals surface area (Å²) in [5.74, 6) is -2.78. The number of allylic oxidation sites excluding steroid dienone is 2. The van der Waals surface area contributed by atoms with E-state index in [0.717, 1.165) is 25.7 Å². The Morgan fingerprint density at radius 1 is 1.03 bits per heavy atom. The predicted octanol–water partition coefficient (Wildman–Crippen LogP) is 4.68. The molecule has 1 N–H and O–H groups in total. The third-order valence-corrected chi connectivity index (χ3v) is 11.3. The standard InChI is InChI=1S/C27H36F2O5/c1-24(34-23(30)20-10-17-9-19(20)22-16-4-3-15(8-16)21(17)22)11-14-5-6-26(18(7-14)12-24)27(28,29)25(2,31)32-13-33-26/h3-4,14-22,31H,5-13H2,1-2H3. The molecule has 34 heavy (non-hydrogen) atoms. The Morgan fingerprint density at radius 3 is 2.59 bits per heavy atom. The van der Waals surface area contributed by atoms with Gasteiger partial charge in [0, 0.05) is 0 Å². The summed E-state index contributed by atoms with van der Waals surface area (Å²) >= 11 is 0. The number of alkyl halides is 2. The van der Waals surface area contributed by atoms with Gasteiger partial charge in [0.1, 0.15) is 11.2 Å². The maximum absolute atomic E-state index is 15.6. The van der Waals surface area contributed by atoms with Crippen LogP contribution in [0.4, 0.5) is 8.78 Å². The Hall–Kier alpha value is -1.05. The van der Waals surface area contributed by atoms with E-state index in [1.165, 1.54) is 6.42 Å². The number of hydrogen-bond donors (Lipinski definition) is 1. The first-order valence-electron chi connectivity index (χ1n) is 13.3. The van der Waals surface area contributed by atoms with E-state index in [1.54, 1.807) is 0 Å². The maximum atomic E-state index is 15.6. The molecule has 5 saturated carbocycles. The molecule has 0 aromatic rings. The zero-order chi connectivity index (χ0) is 23.7. The maximum Gasteiger partial charge on any atom is 0.328 e. The minimum Gasteiger partial charge on any atom is -0.459 e. The van der Waals surface area contributed by atoms with Crippen LogP contribution in [0, 0.1) is 53.3 Å². The summed E-state index contributed by atoms with van der Waals surface area (Å²) in [6, 6.07) is 0. The van der Waals surface area contributed by atoms with E-state index >= 15 is 8.78 Å². The van der Waals surface area contributed by atoms with Gasteiger partial charge in [0.05, 0.1) is 5.92 Å². The van der Waals surface area contributed by atoms with E-state index < -0.39 is 28.8 Å². The molecule has 0 aromatic heterocycles. The fraction of sp³-hybridized carbons (Fsp3) is 0.889. The molecule has 12 unspecified atom stereocenters. The summed E-state index contributed by atoms with van der Waals surface area (Å²) in [5, 5.41) is 10.4. The normalized spacial score (nSPS) is 58.3. The van der Waals surface area contributed by atoms with Crippen LogP contribution in [-0.4, -0.2) is 40.8 Å². The Labute approximate surface area is 199 Å². The molecule has 5 nitrogen and oxygen atoms in total. The zero-order valence-corrected chi connectivity index (χ0v) is 20.1. The Morgan fingerprint density at radius 2 is 1.79 bits per heavy atom. The highest BCUT2D eigenvalue weighted by Gasteiger charge is 2.73. The number of fused-ring (bicyclic) bond motifs is 12. The molecule has 1 spiro atoms. The van der Waals surface area contributed by atoms with Gasteiger partial charge in [-0.2, -0.15) is 8.78 Å². The Balaban J connectivity index is 1.10. The lowest BCUT2D eigenvalue weighted by Gasteiger charge is -2.59. The van der Waals surface area contributed by atoms with Crippen LogP contribution in [0.3, 0.4) is 0 Å². The summed E-state index contributed by atoms with van der Waals surface area (Å²) in [4.78, 5) is 13.5. The van der Waals surface area contributed by atoms with Crippen molar-refractivity contribution in [1.82, 2.24) is 0 Å². The smallest absolute Gasteiger partial charge is 0.328 e. The summed E-state index contributed by atoms with van der Waals surface area (Å²) in [5.41, 5.74) is -2.56. The second-order valence-electron chi connectivity index (χ2n) is 13.1. The monoisotopic (exact) mass is 478 g/mol. The van der Waals surface area contributed by atoms with E-state index in [1.807, 2.05) is 6.92 Å².